The first-order valence-electron chi connectivity index (χ1n) is 8.50. The van der Waals surface area contributed by atoms with Crippen LogP contribution in [-0.4, -0.2) is 22.9 Å². The summed E-state index contributed by atoms with van der Waals surface area (Å²) >= 11 is 0. The fourth-order valence-corrected chi connectivity index (χ4v) is 2.85. The van der Waals surface area contributed by atoms with Crippen molar-refractivity contribution >= 4 is 18.7 Å². The van der Waals surface area contributed by atoms with E-state index < -0.39 is 18.3 Å². The van der Waals surface area contributed by atoms with Crippen LogP contribution in [0.5, 0.6) is 0 Å². The quantitative estimate of drug-likeness (QED) is 0.806. The van der Waals surface area contributed by atoms with Gasteiger partial charge in [-0.05, 0) is 44.3 Å². The van der Waals surface area contributed by atoms with Crippen LogP contribution in [0.1, 0.15) is 38.8 Å². The number of aromatic nitrogens is 1. The first-order chi connectivity index (χ1) is 11.7. The first kappa shape index (κ1) is 17.7. The van der Waals surface area contributed by atoms with Gasteiger partial charge in [-0.1, -0.05) is 43.0 Å². The Kier molecular flexibility index (Phi) is 4.48. The Morgan fingerprint density at radius 2 is 1.72 bits per heavy atom. The van der Waals surface area contributed by atoms with Gasteiger partial charge in [-0.3, -0.25) is 4.79 Å². The Morgan fingerprint density at radius 3 is 2.36 bits per heavy atom. The van der Waals surface area contributed by atoms with Crippen LogP contribution in [0.25, 0.3) is 6.08 Å². The second-order valence-electron chi connectivity index (χ2n) is 7.42. The van der Waals surface area contributed by atoms with Crippen molar-refractivity contribution in [3.8, 4) is 0 Å². The molecule has 0 bridgehead atoms. The Bertz CT molecular complexity index is 838. The molecule has 0 N–H and O–H groups in total. The molecule has 1 aromatic heterocycles. The summed E-state index contributed by atoms with van der Waals surface area (Å²) in [5.74, 6) is 0. The summed E-state index contributed by atoms with van der Waals surface area (Å²) in [4.78, 5) is 12.3. The molecule has 2 aromatic rings. The average molecular weight is 337 g/mol. The van der Waals surface area contributed by atoms with Crippen LogP contribution in [0.4, 0.5) is 0 Å². The summed E-state index contributed by atoms with van der Waals surface area (Å²) < 4.78 is 13.9. The molecule has 0 saturated carbocycles. The van der Waals surface area contributed by atoms with Crippen molar-refractivity contribution in [1.82, 2.24) is 4.57 Å². The van der Waals surface area contributed by atoms with Gasteiger partial charge in [0, 0.05) is 12.3 Å². The van der Waals surface area contributed by atoms with Gasteiger partial charge in [0.25, 0.3) is 5.56 Å². The Balaban J connectivity index is 1.92. The van der Waals surface area contributed by atoms with Crippen LogP contribution in [0, 0.1) is 0 Å². The highest BCUT2D eigenvalue weighted by Gasteiger charge is 2.51. The summed E-state index contributed by atoms with van der Waals surface area (Å²) in [5, 5.41) is 0. The van der Waals surface area contributed by atoms with Gasteiger partial charge >= 0.3 is 7.12 Å². The molecule has 0 atom stereocenters. The van der Waals surface area contributed by atoms with Crippen LogP contribution in [0.2, 0.25) is 0 Å². The molecular weight excluding hydrogens is 313 g/mol. The summed E-state index contributed by atoms with van der Waals surface area (Å²) in [6.07, 6.45) is 3.63. The first-order valence-corrected chi connectivity index (χ1v) is 8.50. The lowest BCUT2D eigenvalue weighted by molar-refractivity contribution is 0.00578. The zero-order valence-corrected chi connectivity index (χ0v) is 15.3. The van der Waals surface area contributed by atoms with Gasteiger partial charge in [0.1, 0.15) is 0 Å². The highest BCUT2D eigenvalue weighted by Crippen LogP contribution is 2.36. The van der Waals surface area contributed by atoms with E-state index in [4.69, 9.17) is 9.31 Å². The van der Waals surface area contributed by atoms with Crippen molar-refractivity contribution in [2.75, 3.05) is 0 Å². The molecule has 0 radical (unpaired) electrons. The number of hydrogen-bond donors (Lipinski definition) is 0. The highest BCUT2D eigenvalue weighted by atomic mass is 16.7. The van der Waals surface area contributed by atoms with E-state index in [1.807, 2.05) is 58.2 Å². The average Bonchev–Trinajstić information content (AvgIpc) is 2.78. The molecule has 5 heteroatoms. The van der Waals surface area contributed by atoms with Gasteiger partial charge in [-0.25, -0.2) is 0 Å². The second-order valence-corrected chi connectivity index (χ2v) is 7.42. The lowest BCUT2D eigenvalue weighted by atomic mass is 9.80. The van der Waals surface area contributed by atoms with Gasteiger partial charge in [-0.2, -0.15) is 0 Å². The normalized spacial score (nSPS) is 18.3. The number of benzene rings is 1. The molecule has 3 rings (SSSR count). The highest BCUT2D eigenvalue weighted by molar-refractivity contribution is 6.62. The minimum Gasteiger partial charge on any atom is -0.399 e. The van der Waals surface area contributed by atoms with Gasteiger partial charge in [-0.15, -0.1) is 0 Å². The van der Waals surface area contributed by atoms with Gasteiger partial charge in [0.2, 0.25) is 0 Å². The standard InChI is InChI=1S/C20H24BNO3/c1-6-15-9-7-8-10-16(15)13-22-14-17(11-12-18(22)23)21-24-19(2,3)20(4,5)25-21/h6-12,14H,1,13H2,2-5H3. The zero-order valence-electron chi connectivity index (χ0n) is 15.3. The topological polar surface area (TPSA) is 40.5 Å². The SMILES string of the molecule is C=Cc1ccccc1Cn1cc(B2OC(C)(C)C(C)(C)O2)ccc1=O. The fourth-order valence-electron chi connectivity index (χ4n) is 2.85. The summed E-state index contributed by atoms with van der Waals surface area (Å²) in [7, 11) is -0.480. The third-order valence-corrected chi connectivity index (χ3v) is 5.15. The van der Waals surface area contributed by atoms with Crippen molar-refractivity contribution in [1.29, 1.82) is 0 Å². The van der Waals surface area contributed by atoms with E-state index in [0.717, 1.165) is 16.6 Å². The van der Waals surface area contributed by atoms with Crippen LogP contribution in [0.15, 0.2) is 54.0 Å². The van der Waals surface area contributed by atoms with Crippen molar-refractivity contribution < 1.29 is 9.31 Å². The smallest absolute Gasteiger partial charge is 0.399 e. The molecule has 130 valence electrons. The lowest BCUT2D eigenvalue weighted by Crippen LogP contribution is -2.41. The van der Waals surface area contributed by atoms with Gasteiger partial charge in [0.05, 0.1) is 17.7 Å². The molecule has 0 aliphatic carbocycles. The maximum Gasteiger partial charge on any atom is 0.496 e. The molecule has 4 nitrogen and oxygen atoms in total. The van der Waals surface area contributed by atoms with Crippen molar-refractivity contribution in [3.05, 3.63) is 70.7 Å². The predicted molar refractivity (Wildman–Crippen MR) is 102 cm³/mol. The molecule has 1 saturated heterocycles. The Hall–Kier alpha value is -2.11. The Labute approximate surface area is 149 Å². The molecule has 25 heavy (non-hydrogen) atoms. The van der Waals surface area contributed by atoms with E-state index in [-0.39, 0.29) is 5.56 Å². The minimum absolute atomic E-state index is 0.0564. The Morgan fingerprint density at radius 1 is 1.08 bits per heavy atom. The molecule has 2 heterocycles. The third-order valence-electron chi connectivity index (χ3n) is 5.15. The maximum atomic E-state index is 12.3. The molecule has 0 spiro atoms. The van der Waals surface area contributed by atoms with Gasteiger partial charge in [0.15, 0.2) is 0 Å². The molecular formula is C20H24BNO3. The maximum absolute atomic E-state index is 12.3. The summed E-state index contributed by atoms with van der Waals surface area (Å²) in [6, 6.07) is 11.3. The van der Waals surface area contributed by atoms with E-state index in [9.17, 15) is 4.79 Å². The van der Waals surface area contributed by atoms with E-state index >= 15 is 0 Å². The van der Waals surface area contributed by atoms with Crippen LogP contribution in [0.3, 0.4) is 0 Å². The molecule has 0 unspecified atom stereocenters. The molecule has 1 aliphatic rings. The lowest BCUT2D eigenvalue weighted by Gasteiger charge is -2.32. The van der Waals surface area contributed by atoms with Crippen molar-refractivity contribution in [3.63, 3.8) is 0 Å². The van der Waals surface area contributed by atoms with Gasteiger partial charge < -0.3 is 13.9 Å². The predicted octanol–water partition coefficient (Wildman–Crippen LogP) is 2.84. The zero-order chi connectivity index (χ0) is 18.2. The van der Waals surface area contributed by atoms with Crippen molar-refractivity contribution in [2.45, 2.75) is 45.4 Å². The molecule has 1 fully saturated rings. The minimum atomic E-state index is -0.480. The van der Waals surface area contributed by atoms with E-state index in [1.165, 1.54) is 0 Å². The molecule has 0 amide bonds. The number of nitrogens with zero attached hydrogens (tertiary/aromatic N) is 1. The largest absolute Gasteiger partial charge is 0.496 e. The summed E-state index contributed by atoms with van der Waals surface area (Å²) in [5.41, 5.74) is 2.04. The van der Waals surface area contributed by atoms with E-state index in [1.54, 1.807) is 22.8 Å². The molecule has 1 aromatic carbocycles. The number of rotatable bonds is 4. The number of hydrogen-bond acceptors (Lipinski definition) is 3. The van der Waals surface area contributed by atoms with Crippen LogP contribution in [-0.2, 0) is 15.9 Å². The van der Waals surface area contributed by atoms with E-state index in [2.05, 4.69) is 6.58 Å². The van der Waals surface area contributed by atoms with Crippen LogP contribution >= 0.6 is 0 Å². The van der Waals surface area contributed by atoms with Crippen molar-refractivity contribution in [2.24, 2.45) is 0 Å². The number of pyridine rings is 1. The monoisotopic (exact) mass is 337 g/mol. The van der Waals surface area contributed by atoms with E-state index in [0.29, 0.717) is 6.54 Å². The molecule has 1 aliphatic heterocycles. The second kappa shape index (κ2) is 6.32. The fraction of sp³-hybridized carbons (Fsp3) is 0.350. The van der Waals surface area contributed by atoms with Crippen LogP contribution < -0.4 is 11.0 Å². The summed E-state index contributed by atoms with van der Waals surface area (Å²) in [6.45, 7) is 12.4. The third kappa shape index (κ3) is 3.35.